The highest BCUT2D eigenvalue weighted by Gasteiger charge is 2.34. The van der Waals surface area contributed by atoms with Gasteiger partial charge in [-0.3, -0.25) is 15.0 Å². The molecule has 0 spiro atoms. The molecule has 7 nitrogen and oxygen atoms in total. The smallest absolute Gasteiger partial charge is 0.285 e. The summed E-state index contributed by atoms with van der Waals surface area (Å²) in [5.74, 6) is 0.934. The monoisotopic (exact) mass is 506 g/mol. The van der Waals surface area contributed by atoms with Crippen molar-refractivity contribution in [1.82, 2.24) is 10.4 Å². The number of ether oxygens (including phenoxy) is 3. The topological polar surface area (TPSA) is 77.1 Å². The average Bonchev–Trinajstić information content (AvgIpc) is 3.15. The van der Waals surface area contributed by atoms with Crippen molar-refractivity contribution in [3.63, 3.8) is 0 Å². The quantitative estimate of drug-likeness (QED) is 0.346. The first-order chi connectivity index (χ1) is 17.0. The standard InChI is InChI=1S/C26H22N2O5S2/c1-31-21-13-10-19(22(15-21)32-2)14-23-25(30)28(26(34)35-23)27-24(29)18-8-11-20(12-9-18)33-16-17-6-4-3-5-7-17/h3-15H,16H2,1-2H3,(H,27,29)/b23-14-. The van der Waals surface area contributed by atoms with E-state index in [0.29, 0.717) is 39.9 Å². The van der Waals surface area contributed by atoms with E-state index in [1.54, 1.807) is 55.7 Å². The number of amides is 2. The fraction of sp³-hybridized carbons (Fsp3) is 0.115. The van der Waals surface area contributed by atoms with Crippen LogP contribution in [-0.2, 0) is 11.4 Å². The highest BCUT2D eigenvalue weighted by atomic mass is 32.2. The van der Waals surface area contributed by atoms with Crippen LogP contribution in [0.4, 0.5) is 0 Å². The molecule has 3 aromatic rings. The van der Waals surface area contributed by atoms with Crippen LogP contribution in [-0.4, -0.2) is 35.4 Å². The predicted octanol–water partition coefficient (Wildman–Crippen LogP) is 4.83. The molecular weight excluding hydrogens is 484 g/mol. The number of hydrazine groups is 1. The van der Waals surface area contributed by atoms with Gasteiger partial charge in [0, 0.05) is 17.2 Å². The van der Waals surface area contributed by atoms with Crippen LogP contribution < -0.4 is 19.6 Å². The molecule has 0 aromatic heterocycles. The Morgan fingerprint density at radius 1 is 1.00 bits per heavy atom. The number of methoxy groups -OCH3 is 2. The Kier molecular flexibility index (Phi) is 7.69. The fourth-order valence-electron chi connectivity index (χ4n) is 3.25. The average molecular weight is 507 g/mol. The van der Waals surface area contributed by atoms with E-state index < -0.39 is 11.8 Å². The van der Waals surface area contributed by atoms with Crippen LogP contribution in [0.2, 0.25) is 0 Å². The van der Waals surface area contributed by atoms with Gasteiger partial charge in [0.1, 0.15) is 23.9 Å². The minimum Gasteiger partial charge on any atom is -0.497 e. The summed E-state index contributed by atoms with van der Waals surface area (Å²) in [5.41, 5.74) is 4.68. The molecular formula is C26H22N2O5S2. The number of carbonyl (C=O) groups is 2. The summed E-state index contributed by atoms with van der Waals surface area (Å²) in [4.78, 5) is 26.0. The van der Waals surface area contributed by atoms with Gasteiger partial charge in [-0.05, 0) is 60.3 Å². The largest absolute Gasteiger partial charge is 0.497 e. The summed E-state index contributed by atoms with van der Waals surface area (Å²) >= 11 is 6.42. The molecule has 1 aliphatic heterocycles. The lowest BCUT2D eigenvalue weighted by atomic mass is 10.1. The molecule has 1 N–H and O–H groups in total. The Balaban J connectivity index is 1.41. The zero-order valence-corrected chi connectivity index (χ0v) is 20.7. The Bertz CT molecular complexity index is 1280. The van der Waals surface area contributed by atoms with Gasteiger partial charge in [0.15, 0.2) is 4.32 Å². The van der Waals surface area contributed by atoms with Crippen molar-refractivity contribution in [2.24, 2.45) is 0 Å². The predicted molar refractivity (Wildman–Crippen MR) is 139 cm³/mol. The normalized spacial score (nSPS) is 14.2. The van der Waals surface area contributed by atoms with Gasteiger partial charge in [0.2, 0.25) is 0 Å². The number of hydrogen-bond acceptors (Lipinski definition) is 7. The molecule has 3 aromatic carbocycles. The summed E-state index contributed by atoms with van der Waals surface area (Å²) < 4.78 is 16.6. The first-order valence-corrected chi connectivity index (χ1v) is 11.8. The summed E-state index contributed by atoms with van der Waals surface area (Å²) in [5, 5.41) is 1.07. The van der Waals surface area contributed by atoms with Crippen molar-refractivity contribution in [3.8, 4) is 17.2 Å². The highest BCUT2D eigenvalue weighted by molar-refractivity contribution is 8.26. The Morgan fingerprint density at radius 3 is 2.40 bits per heavy atom. The Hall–Kier alpha value is -3.82. The van der Waals surface area contributed by atoms with Crippen LogP contribution in [0.25, 0.3) is 6.08 Å². The van der Waals surface area contributed by atoms with E-state index in [-0.39, 0.29) is 4.32 Å². The highest BCUT2D eigenvalue weighted by Crippen LogP contribution is 2.34. The second kappa shape index (κ2) is 11.1. The minimum absolute atomic E-state index is 0.227. The maximum Gasteiger partial charge on any atom is 0.285 e. The first kappa shape index (κ1) is 24.3. The molecule has 9 heteroatoms. The molecule has 0 bridgehead atoms. The molecule has 1 heterocycles. The second-order valence-electron chi connectivity index (χ2n) is 7.36. The SMILES string of the molecule is COc1ccc(/C=C2\SC(=S)N(NC(=O)c3ccc(OCc4ccccc4)cc3)C2=O)c(OC)c1. The second-order valence-corrected chi connectivity index (χ2v) is 9.04. The van der Waals surface area contributed by atoms with Crippen molar-refractivity contribution in [1.29, 1.82) is 0 Å². The fourth-order valence-corrected chi connectivity index (χ4v) is 4.42. The van der Waals surface area contributed by atoms with E-state index in [0.717, 1.165) is 22.3 Å². The van der Waals surface area contributed by atoms with Gasteiger partial charge < -0.3 is 14.2 Å². The zero-order chi connectivity index (χ0) is 24.8. The van der Waals surface area contributed by atoms with Crippen molar-refractivity contribution < 1.29 is 23.8 Å². The number of rotatable bonds is 8. The van der Waals surface area contributed by atoms with Crippen LogP contribution in [0.15, 0.2) is 77.7 Å². The molecule has 0 unspecified atom stereocenters. The lowest BCUT2D eigenvalue weighted by Crippen LogP contribution is -2.44. The third-order valence-corrected chi connectivity index (χ3v) is 6.40. The molecule has 178 valence electrons. The van der Waals surface area contributed by atoms with Crippen LogP contribution in [0.3, 0.4) is 0 Å². The van der Waals surface area contributed by atoms with Gasteiger partial charge in [-0.1, -0.05) is 42.1 Å². The summed E-state index contributed by atoms with van der Waals surface area (Å²) in [6, 6.07) is 21.7. The van der Waals surface area contributed by atoms with Gasteiger partial charge in [0.25, 0.3) is 11.8 Å². The number of carbonyl (C=O) groups excluding carboxylic acids is 2. The van der Waals surface area contributed by atoms with E-state index >= 15 is 0 Å². The lowest BCUT2D eigenvalue weighted by Gasteiger charge is -2.16. The van der Waals surface area contributed by atoms with Gasteiger partial charge in [-0.2, -0.15) is 5.01 Å². The number of benzene rings is 3. The molecule has 2 amide bonds. The van der Waals surface area contributed by atoms with E-state index in [2.05, 4.69) is 5.43 Å². The van der Waals surface area contributed by atoms with Crippen molar-refractivity contribution in [3.05, 3.63) is 94.4 Å². The Labute approximate surface area is 212 Å². The number of thiocarbonyl (C=S) groups is 1. The molecule has 1 saturated heterocycles. The van der Waals surface area contributed by atoms with E-state index in [9.17, 15) is 9.59 Å². The van der Waals surface area contributed by atoms with Crippen LogP contribution in [0, 0.1) is 0 Å². The Morgan fingerprint density at radius 2 is 1.71 bits per heavy atom. The summed E-state index contributed by atoms with van der Waals surface area (Å²) in [7, 11) is 3.10. The van der Waals surface area contributed by atoms with Crippen LogP contribution in [0.1, 0.15) is 21.5 Å². The zero-order valence-electron chi connectivity index (χ0n) is 19.0. The lowest BCUT2D eigenvalue weighted by molar-refractivity contribution is -0.123. The van der Waals surface area contributed by atoms with Gasteiger partial charge in [-0.25, -0.2) is 0 Å². The molecule has 0 saturated carbocycles. The van der Waals surface area contributed by atoms with Crippen molar-refractivity contribution >= 4 is 46.2 Å². The van der Waals surface area contributed by atoms with Crippen molar-refractivity contribution in [2.75, 3.05) is 14.2 Å². The number of thioether (sulfide) groups is 1. The van der Waals surface area contributed by atoms with Crippen LogP contribution in [0.5, 0.6) is 17.2 Å². The van der Waals surface area contributed by atoms with Gasteiger partial charge >= 0.3 is 0 Å². The molecule has 35 heavy (non-hydrogen) atoms. The summed E-state index contributed by atoms with van der Waals surface area (Å²) in [6.07, 6.45) is 1.67. The summed E-state index contributed by atoms with van der Waals surface area (Å²) in [6.45, 7) is 0.425. The van der Waals surface area contributed by atoms with E-state index in [1.807, 2.05) is 30.3 Å². The number of nitrogens with zero attached hydrogens (tertiary/aromatic N) is 1. The third-order valence-electron chi connectivity index (χ3n) is 5.10. The maximum absolute atomic E-state index is 12.9. The van der Waals surface area contributed by atoms with Crippen molar-refractivity contribution in [2.45, 2.75) is 6.61 Å². The number of hydrogen-bond donors (Lipinski definition) is 1. The molecule has 0 aliphatic carbocycles. The van der Waals surface area contributed by atoms with Gasteiger partial charge in [-0.15, -0.1) is 0 Å². The minimum atomic E-state index is -0.459. The van der Waals surface area contributed by atoms with Gasteiger partial charge in [0.05, 0.1) is 19.1 Å². The molecule has 1 fully saturated rings. The molecule has 0 atom stereocenters. The van der Waals surface area contributed by atoms with E-state index in [1.165, 1.54) is 7.11 Å². The first-order valence-electron chi connectivity index (χ1n) is 10.6. The van der Waals surface area contributed by atoms with E-state index in [4.69, 9.17) is 26.4 Å². The molecule has 4 rings (SSSR count). The third kappa shape index (κ3) is 5.82. The number of nitrogens with one attached hydrogen (secondary N) is 1. The van der Waals surface area contributed by atoms with Crippen LogP contribution >= 0.6 is 24.0 Å². The maximum atomic E-state index is 12.9. The molecule has 0 radical (unpaired) electrons. The molecule has 1 aliphatic rings.